The van der Waals surface area contributed by atoms with Crippen molar-refractivity contribution in [2.75, 3.05) is 12.1 Å². The first kappa shape index (κ1) is 19.9. The standard InChI is InChI=1S/C24H22N4O4/c1-3-16-7-4-6-15(2)22(16)25-21(29)13-28-11-5-8-18(28)24-26-23(27-32-24)17-9-10-19-20(12-17)31-14-30-19/h4-12H,3,13-14H2,1-2H3,(H,25,29). The summed E-state index contributed by atoms with van der Waals surface area (Å²) in [6, 6.07) is 15.2. The molecule has 5 rings (SSSR count). The third kappa shape index (κ3) is 3.71. The van der Waals surface area contributed by atoms with Gasteiger partial charge in [0, 0.05) is 17.4 Å². The van der Waals surface area contributed by atoms with Crippen LogP contribution >= 0.6 is 0 Å². The number of carbonyl (C=O) groups is 1. The van der Waals surface area contributed by atoms with Gasteiger partial charge in [0.15, 0.2) is 11.5 Å². The molecule has 8 heteroatoms. The first-order valence-electron chi connectivity index (χ1n) is 10.4. The van der Waals surface area contributed by atoms with E-state index < -0.39 is 0 Å². The number of hydrogen-bond acceptors (Lipinski definition) is 6. The molecule has 0 aliphatic carbocycles. The smallest absolute Gasteiger partial charge is 0.274 e. The Morgan fingerprint density at radius 3 is 2.88 bits per heavy atom. The molecule has 0 atom stereocenters. The molecule has 0 spiro atoms. The Morgan fingerprint density at radius 1 is 1.12 bits per heavy atom. The molecule has 0 radical (unpaired) electrons. The predicted octanol–water partition coefficient (Wildman–Crippen LogP) is 4.44. The van der Waals surface area contributed by atoms with Crippen LogP contribution in [0.1, 0.15) is 18.1 Å². The van der Waals surface area contributed by atoms with Crippen molar-refractivity contribution in [2.45, 2.75) is 26.8 Å². The number of amides is 1. The lowest BCUT2D eigenvalue weighted by atomic mass is 10.1. The van der Waals surface area contributed by atoms with Crippen molar-refractivity contribution < 1.29 is 18.8 Å². The molecule has 1 aliphatic rings. The second-order valence-electron chi connectivity index (χ2n) is 7.52. The summed E-state index contributed by atoms with van der Waals surface area (Å²) in [7, 11) is 0. The van der Waals surface area contributed by atoms with Crippen LogP contribution in [0.15, 0.2) is 59.3 Å². The number of rotatable bonds is 6. The Hall–Kier alpha value is -4.07. The summed E-state index contributed by atoms with van der Waals surface area (Å²) in [6.07, 6.45) is 2.66. The molecule has 32 heavy (non-hydrogen) atoms. The van der Waals surface area contributed by atoms with Crippen molar-refractivity contribution in [1.29, 1.82) is 0 Å². The summed E-state index contributed by atoms with van der Waals surface area (Å²) in [5.74, 6) is 1.99. The second-order valence-corrected chi connectivity index (χ2v) is 7.52. The minimum Gasteiger partial charge on any atom is -0.454 e. The number of aryl methyl sites for hydroxylation is 2. The van der Waals surface area contributed by atoms with E-state index in [0.29, 0.717) is 28.9 Å². The Bertz CT molecular complexity index is 1290. The van der Waals surface area contributed by atoms with Gasteiger partial charge in [0.25, 0.3) is 5.89 Å². The van der Waals surface area contributed by atoms with E-state index in [4.69, 9.17) is 14.0 Å². The zero-order valence-corrected chi connectivity index (χ0v) is 17.8. The topological polar surface area (TPSA) is 91.4 Å². The number of aromatic nitrogens is 3. The van der Waals surface area contributed by atoms with Crippen molar-refractivity contribution in [3.63, 3.8) is 0 Å². The number of benzene rings is 2. The number of fused-ring (bicyclic) bond motifs is 1. The van der Waals surface area contributed by atoms with Crippen molar-refractivity contribution in [2.24, 2.45) is 0 Å². The molecular weight excluding hydrogens is 408 g/mol. The number of hydrogen-bond donors (Lipinski definition) is 1. The van der Waals surface area contributed by atoms with Gasteiger partial charge >= 0.3 is 0 Å². The lowest BCUT2D eigenvalue weighted by molar-refractivity contribution is -0.116. The highest BCUT2D eigenvalue weighted by Crippen LogP contribution is 2.35. The van der Waals surface area contributed by atoms with Gasteiger partial charge in [-0.05, 0) is 54.8 Å². The molecule has 0 unspecified atom stereocenters. The SMILES string of the molecule is CCc1cccc(C)c1NC(=O)Cn1cccc1-c1nc(-c2ccc3c(c2)OCO3)no1. The number of ether oxygens (including phenoxy) is 2. The Morgan fingerprint density at radius 2 is 2.00 bits per heavy atom. The Labute approximate surface area is 184 Å². The average Bonchev–Trinajstić information content (AvgIpc) is 3.54. The van der Waals surface area contributed by atoms with Gasteiger partial charge in [-0.25, -0.2) is 0 Å². The van der Waals surface area contributed by atoms with Crippen LogP contribution in [0.2, 0.25) is 0 Å². The first-order chi connectivity index (χ1) is 15.6. The Kier molecular flexibility index (Phi) is 5.10. The summed E-state index contributed by atoms with van der Waals surface area (Å²) < 4.78 is 18.0. The van der Waals surface area contributed by atoms with Gasteiger partial charge < -0.3 is 23.9 Å². The molecule has 0 fully saturated rings. The zero-order valence-electron chi connectivity index (χ0n) is 17.8. The van der Waals surface area contributed by atoms with Gasteiger partial charge in [0.1, 0.15) is 12.2 Å². The van der Waals surface area contributed by atoms with Crippen LogP contribution in [0, 0.1) is 6.92 Å². The largest absolute Gasteiger partial charge is 0.454 e. The molecule has 0 saturated carbocycles. The van der Waals surface area contributed by atoms with Crippen molar-refractivity contribution >= 4 is 11.6 Å². The fourth-order valence-corrected chi connectivity index (χ4v) is 3.76. The van der Waals surface area contributed by atoms with E-state index in [1.54, 1.807) is 4.57 Å². The van der Waals surface area contributed by atoms with Crippen LogP contribution in [0.25, 0.3) is 23.0 Å². The summed E-state index contributed by atoms with van der Waals surface area (Å²) in [5.41, 5.74) is 4.44. The minimum atomic E-state index is -0.123. The fraction of sp³-hybridized carbons (Fsp3) is 0.208. The van der Waals surface area contributed by atoms with Crippen LogP contribution in [0.3, 0.4) is 0 Å². The number of nitrogens with one attached hydrogen (secondary N) is 1. The van der Waals surface area contributed by atoms with Crippen molar-refractivity contribution in [1.82, 2.24) is 14.7 Å². The van der Waals surface area contributed by atoms with E-state index >= 15 is 0 Å². The van der Waals surface area contributed by atoms with Crippen LogP contribution in [-0.2, 0) is 17.8 Å². The van der Waals surface area contributed by atoms with Crippen LogP contribution < -0.4 is 14.8 Å². The monoisotopic (exact) mass is 430 g/mol. The highest BCUT2D eigenvalue weighted by atomic mass is 16.7. The van der Waals surface area contributed by atoms with E-state index in [1.807, 2.05) is 61.7 Å². The third-order valence-corrected chi connectivity index (χ3v) is 5.42. The lowest BCUT2D eigenvalue weighted by Crippen LogP contribution is -2.20. The molecule has 1 N–H and O–H groups in total. The maximum absolute atomic E-state index is 12.8. The van der Waals surface area contributed by atoms with Gasteiger partial charge in [0.2, 0.25) is 18.5 Å². The maximum atomic E-state index is 12.8. The summed E-state index contributed by atoms with van der Waals surface area (Å²) >= 11 is 0. The molecule has 4 aromatic rings. The van der Waals surface area contributed by atoms with Crippen LogP contribution in [0.5, 0.6) is 11.5 Å². The van der Waals surface area contributed by atoms with E-state index in [9.17, 15) is 4.79 Å². The highest BCUT2D eigenvalue weighted by molar-refractivity contribution is 5.92. The van der Waals surface area contributed by atoms with Gasteiger partial charge in [-0.3, -0.25) is 4.79 Å². The van der Waals surface area contributed by atoms with E-state index in [1.165, 1.54) is 0 Å². The van der Waals surface area contributed by atoms with Crippen LogP contribution in [0.4, 0.5) is 5.69 Å². The lowest BCUT2D eigenvalue weighted by Gasteiger charge is -2.14. The quantitative estimate of drug-likeness (QED) is 0.486. The number of para-hydroxylation sites is 1. The predicted molar refractivity (Wildman–Crippen MR) is 118 cm³/mol. The molecule has 3 heterocycles. The summed E-state index contributed by atoms with van der Waals surface area (Å²) in [4.78, 5) is 17.3. The van der Waals surface area contributed by atoms with Gasteiger partial charge in [-0.15, -0.1) is 0 Å². The van der Waals surface area contributed by atoms with Crippen LogP contribution in [-0.4, -0.2) is 27.4 Å². The summed E-state index contributed by atoms with van der Waals surface area (Å²) in [6.45, 7) is 4.39. The van der Waals surface area contributed by atoms with Gasteiger partial charge in [0.05, 0.1) is 0 Å². The van der Waals surface area contributed by atoms with Gasteiger partial charge in [-0.1, -0.05) is 30.3 Å². The van der Waals surface area contributed by atoms with E-state index in [2.05, 4.69) is 22.4 Å². The highest BCUT2D eigenvalue weighted by Gasteiger charge is 2.19. The fourth-order valence-electron chi connectivity index (χ4n) is 3.76. The molecule has 2 aromatic carbocycles. The molecule has 162 valence electrons. The number of anilines is 1. The normalized spacial score (nSPS) is 12.2. The third-order valence-electron chi connectivity index (χ3n) is 5.42. The van der Waals surface area contributed by atoms with Gasteiger partial charge in [-0.2, -0.15) is 4.98 Å². The Balaban J connectivity index is 1.35. The minimum absolute atomic E-state index is 0.123. The second kappa shape index (κ2) is 8.22. The summed E-state index contributed by atoms with van der Waals surface area (Å²) in [5, 5.41) is 7.14. The van der Waals surface area contributed by atoms with E-state index in [0.717, 1.165) is 28.8 Å². The first-order valence-corrected chi connectivity index (χ1v) is 10.4. The maximum Gasteiger partial charge on any atom is 0.274 e. The molecule has 0 bridgehead atoms. The number of carbonyl (C=O) groups excluding carboxylic acids is 1. The molecule has 8 nitrogen and oxygen atoms in total. The molecule has 0 saturated heterocycles. The molecule has 2 aromatic heterocycles. The molecule has 1 aliphatic heterocycles. The average molecular weight is 430 g/mol. The molecular formula is C24H22N4O4. The zero-order chi connectivity index (χ0) is 22.1. The van der Waals surface area contributed by atoms with Crippen molar-refractivity contribution in [3.05, 3.63) is 65.9 Å². The van der Waals surface area contributed by atoms with Crippen molar-refractivity contribution in [3.8, 4) is 34.5 Å². The van der Waals surface area contributed by atoms with E-state index in [-0.39, 0.29) is 19.2 Å². The molecule has 1 amide bonds. The number of nitrogens with zero attached hydrogens (tertiary/aromatic N) is 3.